The Kier molecular flexibility index (Phi) is 5.08. The van der Waals surface area contributed by atoms with Crippen LogP contribution < -0.4 is 5.32 Å². The number of nitrogens with zero attached hydrogens (tertiary/aromatic N) is 2. The van der Waals surface area contributed by atoms with Crippen LogP contribution in [0.2, 0.25) is 5.02 Å². The van der Waals surface area contributed by atoms with Crippen molar-refractivity contribution in [1.29, 1.82) is 0 Å². The van der Waals surface area contributed by atoms with Gasteiger partial charge in [-0.25, -0.2) is 9.97 Å². The molecule has 0 unspecified atom stereocenters. The highest BCUT2D eigenvalue weighted by Gasteiger charge is 2.14. The van der Waals surface area contributed by atoms with Gasteiger partial charge in [-0.3, -0.25) is 4.79 Å². The topological polar surface area (TPSA) is 54.9 Å². The molecule has 0 aliphatic heterocycles. The van der Waals surface area contributed by atoms with Crippen molar-refractivity contribution < 1.29 is 4.79 Å². The van der Waals surface area contributed by atoms with E-state index in [1.54, 1.807) is 23.7 Å². The van der Waals surface area contributed by atoms with Crippen LogP contribution in [0.5, 0.6) is 0 Å². The Morgan fingerprint density at radius 2 is 2.04 bits per heavy atom. The maximum Gasteiger partial charge on any atom is 0.234 e. The molecule has 0 radical (unpaired) electrons. The zero-order chi connectivity index (χ0) is 17.3. The minimum Gasteiger partial charge on any atom is -0.325 e. The number of thioether (sulfide) groups is 1. The highest BCUT2D eigenvalue weighted by Crippen LogP contribution is 2.34. The number of aromatic nitrogens is 2. The summed E-state index contributed by atoms with van der Waals surface area (Å²) >= 11 is 9.16. The van der Waals surface area contributed by atoms with E-state index in [4.69, 9.17) is 11.6 Å². The Labute approximate surface area is 153 Å². The Bertz CT molecular complexity index is 924. The van der Waals surface area contributed by atoms with Crippen molar-refractivity contribution >= 4 is 56.5 Å². The summed E-state index contributed by atoms with van der Waals surface area (Å²) in [4.78, 5) is 23.1. The molecule has 0 aliphatic rings. The molecule has 0 bridgehead atoms. The number of thiophene rings is 1. The second-order valence-corrected chi connectivity index (χ2v) is 7.97. The molecule has 2 aromatic heterocycles. The van der Waals surface area contributed by atoms with Crippen molar-refractivity contribution in [2.24, 2.45) is 0 Å². The van der Waals surface area contributed by atoms with E-state index < -0.39 is 0 Å². The summed E-state index contributed by atoms with van der Waals surface area (Å²) in [6.45, 7) is 6.03. The van der Waals surface area contributed by atoms with E-state index in [2.05, 4.69) is 29.1 Å². The number of hydrogen-bond acceptors (Lipinski definition) is 5. The molecule has 24 heavy (non-hydrogen) atoms. The average Bonchev–Trinajstić information content (AvgIpc) is 2.85. The maximum absolute atomic E-state index is 12.3. The lowest BCUT2D eigenvalue weighted by atomic mass is 10.2. The molecule has 1 N–H and O–H groups in total. The summed E-state index contributed by atoms with van der Waals surface area (Å²) in [5, 5.41) is 5.44. The van der Waals surface area contributed by atoms with Gasteiger partial charge < -0.3 is 5.32 Å². The molecule has 1 aromatic carbocycles. The van der Waals surface area contributed by atoms with Crippen molar-refractivity contribution in [3.05, 3.63) is 45.6 Å². The first-order chi connectivity index (χ1) is 11.5. The van der Waals surface area contributed by atoms with Gasteiger partial charge in [-0.05, 0) is 44.0 Å². The number of benzene rings is 1. The number of anilines is 1. The summed E-state index contributed by atoms with van der Waals surface area (Å²) in [6, 6.07) is 5.48. The quantitative estimate of drug-likeness (QED) is 0.513. The van der Waals surface area contributed by atoms with Crippen molar-refractivity contribution in [1.82, 2.24) is 9.97 Å². The molecule has 0 atom stereocenters. The Balaban J connectivity index is 1.74. The fourth-order valence-corrected chi connectivity index (χ4v) is 4.41. The number of carbonyl (C=O) groups excluding carboxylic acids is 1. The lowest BCUT2D eigenvalue weighted by Crippen LogP contribution is -2.15. The van der Waals surface area contributed by atoms with Crippen LogP contribution in [0.1, 0.15) is 16.0 Å². The number of carbonyl (C=O) groups is 1. The number of nitrogens with one attached hydrogen (secondary N) is 1. The van der Waals surface area contributed by atoms with Crippen molar-refractivity contribution in [2.45, 2.75) is 25.8 Å². The van der Waals surface area contributed by atoms with Gasteiger partial charge in [0.15, 0.2) is 0 Å². The molecular formula is C17H16ClN3OS2. The first-order valence-corrected chi connectivity index (χ1v) is 9.54. The normalized spacial score (nSPS) is 11.0. The number of hydrogen-bond donors (Lipinski definition) is 1. The molecule has 0 aliphatic carbocycles. The van der Waals surface area contributed by atoms with Crippen molar-refractivity contribution in [3.8, 4) is 0 Å². The third kappa shape index (κ3) is 3.41. The fraction of sp³-hybridized carbons (Fsp3) is 0.235. The van der Waals surface area contributed by atoms with E-state index in [9.17, 15) is 4.79 Å². The van der Waals surface area contributed by atoms with Gasteiger partial charge in [0.25, 0.3) is 0 Å². The van der Waals surface area contributed by atoms with E-state index in [1.807, 2.05) is 19.1 Å². The van der Waals surface area contributed by atoms with Gasteiger partial charge in [0.05, 0.1) is 5.75 Å². The highest BCUT2D eigenvalue weighted by molar-refractivity contribution is 8.00. The van der Waals surface area contributed by atoms with Crippen LogP contribution in [0.3, 0.4) is 0 Å². The van der Waals surface area contributed by atoms with Crippen LogP contribution in [-0.2, 0) is 4.79 Å². The Morgan fingerprint density at radius 3 is 2.83 bits per heavy atom. The number of halogens is 1. The molecule has 4 nitrogen and oxygen atoms in total. The van der Waals surface area contributed by atoms with Crippen molar-refractivity contribution in [2.75, 3.05) is 11.1 Å². The number of aryl methyl sites for hydroxylation is 2. The standard InChI is InChI=1S/C17H16ClN3OS2/c1-9-11(3)24-17-15(9)16(19-8-20-17)23-7-14(22)21-13-6-4-5-12(18)10(13)2/h4-6,8H,7H2,1-3H3,(H,21,22). The zero-order valence-electron chi connectivity index (χ0n) is 13.5. The van der Waals surface area contributed by atoms with E-state index in [0.29, 0.717) is 5.02 Å². The van der Waals surface area contributed by atoms with Gasteiger partial charge in [-0.2, -0.15) is 0 Å². The summed E-state index contributed by atoms with van der Waals surface area (Å²) in [7, 11) is 0. The zero-order valence-corrected chi connectivity index (χ0v) is 15.9. The van der Waals surface area contributed by atoms with Gasteiger partial charge >= 0.3 is 0 Å². The van der Waals surface area contributed by atoms with Crippen LogP contribution in [0, 0.1) is 20.8 Å². The smallest absolute Gasteiger partial charge is 0.234 e. The average molecular weight is 378 g/mol. The second-order valence-electron chi connectivity index (χ2n) is 5.39. The van der Waals surface area contributed by atoms with Crippen LogP contribution in [0.15, 0.2) is 29.6 Å². The SMILES string of the molecule is Cc1sc2ncnc(SCC(=O)Nc3cccc(Cl)c3C)c2c1C. The number of fused-ring (bicyclic) bond motifs is 1. The summed E-state index contributed by atoms with van der Waals surface area (Å²) in [5.41, 5.74) is 2.79. The molecule has 0 spiro atoms. The van der Waals surface area contributed by atoms with Crippen LogP contribution in [0.25, 0.3) is 10.2 Å². The third-order valence-electron chi connectivity index (χ3n) is 3.81. The third-order valence-corrected chi connectivity index (χ3v) is 6.33. The molecule has 2 heterocycles. The van der Waals surface area contributed by atoms with E-state index in [1.165, 1.54) is 22.2 Å². The summed E-state index contributed by atoms with van der Waals surface area (Å²) < 4.78 is 0. The fourth-order valence-electron chi connectivity index (χ4n) is 2.32. The second kappa shape index (κ2) is 7.09. The molecule has 3 aromatic rings. The number of amides is 1. The molecule has 124 valence electrons. The minimum atomic E-state index is -0.0817. The Morgan fingerprint density at radius 1 is 1.25 bits per heavy atom. The van der Waals surface area contributed by atoms with E-state index in [0.717, 1.165) is 26.5 Å². The van der Waals surface area contributed by atoms with Gasteiger partial charge in [-0.15, -0.1) is 11.3 Å². The van der Waals surface area contributed by atoms with Gasteiger partial charge in [0, 0.05) is 21.0 Å². The van der Waals surface area contributed by atoms with Crippen molar-refractivity contribution in [3.63, 3.8) is 0 Å². The molecule has 1 amide bonds. The van der Waals surface area contributed by atoms with Crippen LogP contribution in [-0.4, -0.2) is 21.6 Å². The molecule has 0 saturated heterocycles. The largest absolute Gasteiger partial charge is 0.325 e. The summed E-state index contributed by atoms with van der Waals surface area (Å²) in [6.07, 6.45) is 1.55. The highest BCUT2D eigenvalue weighted by atomic mass is 35.5. The Hall–Kier alpha value is -1.63. The minimum absolute atomic E-state index is 0.0817. The van der Waals surface area contributed by atoms with E-state index in [-0.39, 0.29) is 11.7 Å². The monoisotopic (exact) mass is 377 g/mol. The van der Waals surface area contributed by atoms with Gasteiger partial charge in [0.1, 0.15) is 16.2 Å². The lowest BCUT2D eigenvalue weighted by molar-refractivity contribution is -0.113. The predicted molar refractivity (Wildman–Crippen MR) is 102 cm³/mol. The van der Waals surface area contributed by atoms with Crippen LogP contribution in [0.4, 0.5) is 5.69 Å². The predicted octanol–water partition coefficient (Wildman–Crippen LogP) is 5.00. The molecule has 3 rings (SSSR count). The van der Waals surface area contributed by atoms with Gasteiger partial charge in [0.2, 0.25) is 5.91 Å². The van der Waals surface area contributed by atoms with E-state index >= 15 is 0 Å². The summed E-state index contributed by atoms with van der Waals surface area (Å²) in [5.74, 6) is 0.202. The lowest BCUT2D eigenvalue weighted by Gasteiger charge is -2.09. The van der Waals surface area contributed by atoms with Crippen LogP contribution >= 0.6 is 34.7 Å². The molecule has 7 heteroatoms. The first kappa shape index (κ1) is 17.2. The molecule has 0 saturated carbocycles. The molecular weight excluding hydrogens is 362 g/mol. The number of rotatable bonds is 4. The first-order valence-electron chi connectivity index (χ1n) is 7.36. The van der Waals surface area contributed by atoms with Gasteiger partial charge in [-0.1, -0.05) is 29.4 Å². The maximum atomic E-state index is 12.3. The molecule has 0 fully saturated rings.